The zero-order valence-corrected chi connectivity index (χ0v) is 15.1. The third kappa shape index (κ3) is 4.72. The first-order valence-corrected chi connectivity index (χ1v) is 6.88. The minimum absolute atomic E-state index is 0. The van der Waals surface area contributed by atoms with E-state index in [1.165, 1.54) is 0 Å². The van der Waals surface area contributed by atoms with Gasteiger partial charge in [0.2, 0.25) is 11.8 Å². The molecule has 0 aliphatic carbocycles. The molecule has 118 valence electrons. The topological polar surface area (TPSA) is 95.5 Å². The van der Waals surface area contributed by atoms with Crippen LogP contribution in [0.25, 0.3) is 0 Å². The number of rotatable bonds is 4. The Labute approximate surface area is 147 Å². The van der Waals surface area contributed by atoms with Gasteiger partial charge in [0, 0.05) is 23.0 Å². The maximum atomic E-state index is 12.4. The van der Waals surface area contributed by atoms with E-state index in [2.05, 4.69) is 15.9 Å². The molecule has 1 atom stereocenters. The van der Waals surface area contributed by atoms with Crippen molar-refractivity contribution in [2.75, 3.05) is 0 Å². The molecule has 2 aromatic rings. The number of benzene rings is 1. The van der Waals surface area contributed by atoms with Crippen LogP contribution in [0, 0.1) is 0 Å². The number of carbonyl (C=O) groups is 2. The number of primary amides is 1. The number of amides is 1. The lowest BCUT2D eigenvalue weighted by molar-refractivity contribution is -0.704. The van der Waals surface area contributed by atoms with Gasteiger partial charge in [-0.1, -0.05) is 28.1 Å². The van der Waals surface area contributed by atoms with Crippen LogP contribution >= 0.6 is 32.9 Å². The highest BCUT2D eigenvalue weighted by molar-refractivity contribution is 9.10. The monoisotopic (exact) mass is 431 g/mol. The molecule has 0 aliphatic rings. The molecular weight excluding hydrogens is 416 g/mol. The van der Waals surface area contributed by atoms with Crippen molar-refractivity contribution in [1.82, 2.24) is 0 Å². The summed E-state index contributed by atoms with van der Waals surface area (Å²) in [6.07, 6.45) is 3.33. The maximum Gasteiger partial charge on any atom is 0.254 e. The van der Waals surface area contributed by atoms with Crippen molar-refractivity contribution in [1.29, 1.82) is 0 Å². The second-order valence-electron chi connectivity index (χ2n) is 4.45. The van der Waals surface area contributed by atoms with E-state index in [9.17, 15) is 9.59 Å². The number of pyridine rings is 1. The predicted octanol–water partition coefficient (Wildman–Crippen LogP) is 2.03. The fourth-order valence-corrected chi connectivity index (χ4v) is 2.13. The molecule has 0 spiro atoms. The maximum absolute atomic E-state index is 12.4. The molecule has 5 nitrogen and oxygen atoms in total. The number of halogens is 2. The molecule has 0 bridgehead atoms. The number of hydrogen-bond acceptors (Lipinski definition) is 2. The van der Waals surface area contributed by atoms with Gasteiger partial charge >= 0.3 is 0 Å². The van der Waals surface area contributed by atoms with E-state index < -0.39 is 11.9 Å². The number of ketones is 1. The van der Waals surface area contributed by atoms with E-state index in [0.717, 1.165) is 4.47 Å². The Hall–Kier alpha value is -1.57. The summed E-state index contributed by atoms with van der Waals surface area (Å²) in [5.41, 5.74) is 6.24. The van der Waals surface area contributed by atoms with Crippen LogP contribution in [0.2, 0.25) is 0 Å². The smallest absolute Gasteiger partial charge is 0.254 e. The number of carbonyl (C=O) groups excluding carboxylic acids is 2. The van der Waals surface area contributed by atoms with Crippen LogP contribution in [-0.4, -0.2) is 17.2 Å². The lowest BCUT2D eigenvalue weighted by Gasteiger charge is -2.07. The molecule has 1 aromatic heterocycles. The summed E-state index contributed by atoms with van der Waals surface area (Å²) in [4.78, 5) is 23.6. The first kappa shape index (κ1) is 20.4. The van der Waals surface area contributed by atoms with Crippen LogP contribution in [0.4, 0.5) is 0 Å². The molecular formula is C15H17Br2N2O3+. The third-order valence-electron chi connectivity index (χ3n) is 3.06. The molecule has 1 amide bonds. The SMILES string of the molecule is Br.CC(C(=O)c1ccc(Br)cc1)[n+]1cccc(C(N)=O)c1.O. The van der Waals surface area contributed by atoms with Crippen molar-refractivity contribution in [2.45, 2.75) is 13.0 Å². The van der Waals surface area contributed by atoms with E-state index >= 15 is 0 Å². The van der Waals surface area contributed by atoms with Gasteiger partial charge in [0.15, 0.2) is 12.4 Å². The molecule has 0 saturated carbocycles. The molecule has 1 unspecified atom stereocenters. The largest absolute Gasteiger partial charge is 0.412 e. The fourth-order valence-electron chi connectivity index (χ4n) is 1.87. The quantitative estimate of drug-likeness (QED) is 0.590. The Morgan fingerprint density at radius 2 is 1.73 bits per heavy atom. The van der Waals surface area contributed by atoms with Gasteiger partial charge in [0.25, 0.3) is 5.91 Å². The molecule has 1 heterocycles. The van der Waals surface area contributed by atoms with Crippen molar-refractivity contribution < 1.29 is 19.6 Å². The molecule has 0 saturated heterocycles. The van der Waals surface area contributed by atoms with Gasteiger partial charge in [-0.3, -0.25) is 9.59 Å². The second-order valence-corrected chi connectivity index (χ2v) is 5.37. The van der Waals surface area contributed by atoms with E-state index in [-0.39, 0.29) is 28.2 Å². The van der Waals surface area contributed by atoms with E-state index in [4.69, 9.17) is 5.73 Å². The van der Waals surface area contributed by atoms with Crippen LogP contribution < -0.4 is 10.3 Å². The fraction of sp³-hybridized carbons (Fsp3) is 0.133. The van der Waals surface area contributed by atoms with E-state index in [1.54, 1.807) is 48.1 Å². The van der Waals surface area contributed by atoms with Gasteiger partial charge in [-0.05, 0) is 18.2 Å². The third-order valence-corrected chi connectivity index (χ3v) is 3.59. The standard InChI is InChI=1S/C15H13BrN2O2.BrH.H2O/c1-10(14(19)11-4-6-13(16)7-5-11)18-8-2-3-12(9-18)15(17)20;;/h2-10H,1H3,(H-,17,20);1H;1H2/p+1. The van der Waals surface area contributed by atoms with Gasteiger partial charge in [0.05, 0.1) is 0 Å². The zero-order valence-electron chi connectivity index (χ0n) is 11.8. The van der Waals surface area contributed by atoms with Crippen molar-refractivity contribution in [3.8, 4) is 0 Å². The molecule has 2 rings (SSSR count). The first-order valence-electron chi connectivity index (χ1n) is 6.09. The predicted molar refractivity (Wildman–Crippen MR) is 92.3 cm³/mol. The Morgan fingerprint density at radius 1 is 1.14 bits per heavy atom. The summed E-state index contributed by atoms with van der Waals surface area (Å²) in [5.74, 6) is -0.535. The van der Waals surface area contributed by atoms with Crippen LogP contribution in [0.1, 0.15) is 33.7 Å². The second kappa shape index (κ2) is 8.77. The number of nitrogens with zero attached hydrogens (tertiary/aromatic N) is 1. The highest BCUT2D eigenvalue weighted by Crippen LogP contribution is 2.14. The lowest BCUT2D eigenvalue weighted by atomic mass is 10.1. The minimum atomic E-state index is -0.511. The Morgan fingerprint density at radius 3 is 2.27 bits per heavy atom. The Bertz CT molecular complexity index is 660. The molecule has 4 N–H and O–H groups in total. The minimum Gasteiger partial charge on any atom is -0.412 e. The van der Waals surface area contributed by atoms with Crippen molar-refractivity contribution in [3.63, 3.8) is 0 Å². The van der Waals surface area contributed by atoms with Crippen molar-refractivity contribution in [3.05, 3.63) is 64.4 Å². The normalized spacial score (nSPS) is 10.8. The Kier molecular flexibility index (Phi) is 8.15. The number of Topliss-reactive ketones (excluding diaryl/α,β-unsaturated/α-hetero) is 1. The van der Waals surface area contributed by atoms with Crippen LogP contribution in [-0.2, 0) is 0 Å². The summed E-state index contributed by atoms with van der Waals surface area (Å²) < 4.78 is 2.61. The molecule has 7 heteroatoms. The highest BCUT2D eigenvalue weighted by Gasteiger charge is 2.24. The van der Waals surface area contributed by atoms with Crippen molar-refractivity contribution >= 4 is 44.6 Å². The average Bonchev–Trinajstić information content (AvgIpc) is 2.46. The van der Waals surface area contributed by atoms with E-state index in [1.807, 2.05) is 12.1 Å². The molecule has 1 aromatic carbocycles. The van der Waals surface area contributed by atoms with Gasteiger partial charge in [0.1, 0.15) is 5.56 Å². The molecule has 0 aliphatic heterocycles. The first-order chi connectivity index (χ1) is 9.49. The van der Waals surface area contributed by atoms with Crippen molar-refractivity contribution in [2.24, 2.45) is 5.73 Å². The summed E-state index contributed by atoms with van der Waals surface area (Å²) in [7, 11) is 0. The van der Waals surface area contributed by atoms with Gasteiger partial charge < -0.3 is 11.2 Å². The molecule has 22 heavy (non-hydrogen) atoms. The van der Waals surface area contributed by atoms with Gasteiger partial charge in [-0.25, -0.2) is 0 Å². The van der Waals surface area contributed by atoms with Crippen LogP contribution in [0.3, 0.4) is 0 Å². The summed E-state index contributed by atoms with van der Waals surface area (Å²) in [5, 5.41) is 0. The number of nitrogens with two attached hydrogens (primary N) is 1. The molecule has 0 fully saturated rings. The molecule has 0 radical (unpaired) electrons. The van der Waals surface area contributed by atoms with Crippen LogP contribution in [0.15, 0.2) is 53.3 Å². The number of aromatic nitrogens is 1. The Balaban J connectivity index is 0.00000220. The summed E-state index contributed by atoms with van der Waals surface area (Å²) >= 11 is 3.33. The van der Waals surface area contributed by atoms with E-state index in [0.29, 0.717) is 11.1 Å². The summed E-state index contributed by atoms with van der Waals surface area (Å²) in [6, 6.07) is 10.1. The average molecular weight is 433 g/mol. The zero-order chi connectivity index (χ0) is 14.7. The van der Waals surface area contributed by atoms with Crippen LogP contribution in [0.5, 0.6) is 0 Å². The number of hydrogen-bond donors (Lipinski definition) is 1. The van der Waals surface area contributed by atoms with Gasteiger partial charge in [-0.2, -0.15) is 4.57 Å². The van der Waals surface area contributed by atoms with Gasteiger partial charge in [-0.15, -0.1) is 17.0 Å². The highest BCUT2D eigenvalue weighted by atomic mass is 79.9. The summed E-state index contributed by atoms with van der Waals surface area (Å²) in [6.45, 7) is 1.79. The lowest BCUT2D eigenvalue weighted by Crippen LogP contribution is -2.42.